The summed E-state index contributed by atoms with van der Waals surface area (Å²) in [7, 11) is 0. The van der Waals surface area contributed by atoms with Crippen LogP contribution in [0.4, 0.5) is 17.3 Å². The van der Waals surface area contributed by atoms with Gasteiger partial charge in [-0.3, -0.25) is 5.14 Å². The number of nitrogens with one attached hydrogen (secondary N) is 2. The van der Waals surface area contributed by atoms with E-state index in [4.69, 9.17) is 20.8 Å². The van der Waals surface area contributed by atoms with Crippen molar-refractivity contribution in [3.63, 3.8) is 0 Å². The van der Waals surface area contributed by atoms with Crippen molar-refractivity contribution in [1.29, 1.82) is 0 Å². The van der Waals surface area contributed by atoms with Crippen LogP contribution in [-0.4, -0.2) is 15.7 Å². The van der Waals surface area contributed by atoms with E-state index >= 15 is 0 Å². The Kier molecular flexibility index (Phi) is 8.97. The van der Waals surface area contributed by atoms with Crippen LogP contribution in [0.2, 0.25) is 0 Å². The van der Waals surface area contributed by atoms with Crippen LogP contribution in [-0.2, 0) is 0 Å². The summed E-state index contributed by atoms with van der Waals surface area (Å²) in [6.45, 7) is 4.00. The number of nitrogen functional groups attached to an aromatic ring is 1. The molecular weight excluding hydrogens is 438 g/mol. The molecule has 9 heteroatoms. The van der Waals surface area contributed by atoms with Gasteiger partial charge in [0.2, 0.25) is 0 Å². The van der Waals surface area contributed by atoms with Gasteiger partial charge in [-0.05, 0) is 54.8 Å². The Morgan fingerprint density at radius 3 is 2.66 bits per heavy atom. The molecule has 0 bridgehead atoms. The van der Waals surface area contributed by atoms with Crippen molar-refractivity contribution in [1.82, 2.24) is 9.97 Å². The van der Waals surface area contributed by atoms with Gasteiger partial charge in [-0.25, -0.2) is 14.4 Å². The van der Waals surface area contributed by atoms with Gasteiger partial charge in [0, 0.05) is 22.7 Å². The van der Waals surface area contributed by atoms with Crippen LogP contribution in [0.5, 0.6) is 0 Å². The molecule has 2 aromatic rings. The van der Waals surface area contributed by atoms with Crippen LogP contribution in [0.15, 0.2) is 69.6 Å². The molecule has 0 unspecified atom stereocenters. The largest absolute Gasteiger partial charge is 0.399 e. The molecule has 0 radical (unpaired) electrons. The highest BCUT2D eigenvalue weighted by molar-refractivity contribution is 8.00. The Bertz CT molecular complexity index is 1180. The van der Waals surface area contributed by atoms with E-state index in [1.165, 1.54) is 11.9 Å². The van der Waals surface area contributed by atoms with Crippen LogP contribution in [0.3, 0.4) is 0 Å². The number of aromatic nitrogens is 2. The number of fused-ring (bicyclic) bond motifs is 1. The molecule has 32 heavy (non-hydrogen) atoms. The number of nitrogens with two attached hydrogens (primary N) is 2. The zero-order valence-corrected chi connectivity index (χ0v) is 19.7. The molecule has 0 atom stereocenters. The highest BCUT2D eigenvalue weighted by atomic mass is 32.2. The van der Waals surface area contributed by atoms with Crippen LogP contribution >= 0.6 is 24.1 Å². The van der Waals surface area contributed by atoms with Crippen LogP contribution in [0.25, 0.3) is 12.2 Å². The maximum absolute atomic E-state index is 5.89. The summed E-state index contributed by atoms with van der Waals surface area (Å²) in [5.74, 6) is 1.30. The van der Waals surface area contributed by atoms with E-state index in [0.29, 0.717) is 23.7 Å². The van der Waals surface area contributed by atoms with Gasteiger partial charge in [0.15, 0.2) is 11.6 Å². The third-order valence-corrected chi connectivity index (χ3v) is 5.46. The van der Waals surface area contributed by atoms with E-state index in [-0.39, 0.29) is 0 Å². The smallest absolute Gasteiger partial charge is 0.180 e. The maximum Gasteiger partial charge on any atom is 0.180 e. The van der Waals surface area contributed by atoms with E-state index in [0.717, 1.165) is 45.6 Å². The third kappa shape index (κ3) is 6.49. The average Bonchev–Trinajstić information content (AvgIpc) is 3.05. The number of hydrogen-bond donors (Lipinski definition) is 4. The second-order valence-electron chi connectivity index (χ2n) is 6.51. The maximum atomic E-state index is 5.89. The molecule has 7 nitrogen and oxygen atoms in total. The van der Waals surface area contributed by atoms with Crippen molar-refractivity contribution in [2.75, 3.05) is 15.8 Å². The minimum absolute atomic E-state index is 0.646. The Morgan fingerprint density at radius 1 is 1.06 bits per heavy atom. The minimum Gasteiger partial charge on any atom is -0.399 e. The fourth-order valence-electron chi connectivity index (χ4n) is 2.90. The molecule has 1 heterocycles. The second kappa shape index (κ2) is 12.1. The first-order chi connectivity index (χ1) is 15.7. The van der Waals surface area contributed by atoms with Gasteiger partial charge in [-0.1, -0.05) is 44.2 Å². The molecular formula is C23H27N7S2. The summed E-state index contributed by atoms with van der Waals surface area (Å²) in [6, 6.07) is 7.68. The molecule has 6 N–H and O–H groups in total. The van der Waals surface area contributed by atoms with Gasteiger partial charge in [0.1, 0.15) is 0 Å². The zero-order chi connectivity index (χ0) is 22.8. The topological polar surface area (TPSA) is 114 Å². The Morgan fingerprint density at radius 2 is 1.91 bits per heavy atom. The van der Waals surface area contributed by atoms with E-state index in [1.807, 2.05) is 62.4 Å². The predicted molar refractivity (Wildman–Crippen MR) is 140 cm³/mol. The van der Waals surface area contributed by atoms with Crippen molar-refractivity contribution < 1.29 is 0 Å². The van der Waals surface area contributed by atoms with Crippen molar-refractivity contribution >= 4 is 59.3 Å². The highest BCUT2D eigenvalue weighted by Crippen LogP contribution is 2.25. The number of anilines is 3. The first-order valence-corrected chi connectivity index (χ1v) is 12.0. The lowest BCUT2D eigenvalue weighted by molar-refractivity contribution is 1.10. The molecule has 2 aliphatic rings. The molecule has 4 rings (SSSR count). The quantitative estimate of drug-likeness (QED) is 0.375. The zero-order valence-electron chi connectivity index (χ0n) is 18.1. The fraction of sp³-hybridized carbons (Fsp3) is 0.174. The molecule has 0 saturated carbocycles. The van der Waals surface area contributed by atoms with Gasteiger partial charge in [-0.2, -0.15) is 0 Å². The Labute approximate surface area is 197 Å². The van der Waals surface area contributed by atoms with Gasteiger partial charge < -0.3 is 15.8 Å². The average molecular weight is 466 g/mol. The number of rotatable bonds is 6. The van der Waals surface area contributed by atoms with Crippen molar-refractivity contribution in [3.8, 4) is 0 Å². The van der Waals surface area contributed by atoms with Crippen LogP contribution in [0.1, 0.15) is 26.7 Å². The first kappa shape index (κ1) is 23.6. The predicted octanol–water partition coefficient (Wildman–Crippen LogP) is 3.94. The van der Waals surface area contributed by atoms with Gasteiger partial charge >= 0.3 is 0 Å². The minimum atomic E-state index is 0.646. The SMILES string of the molecule is CC.NS/N=C1/C=CC(Nc2nc3c(nc2NSc2cccc(N)c2)=CC=CCC=3)=CC1. The molecule has 0 fully saturated rings. The standard InChI is InChI=1S/C21H21N7S2.C2H6/c22-14-5-4-6-17(13-14)29-28-21-20(24-15-9-11-16(12-10-15)27-30-23)25-18-7-2-1-3-8-19(18)26-21;1-2/h1,3-11,13H,2,12,22-23H2,(H,24,25)(H,26,28);1-2H3/b27-16-;. The number of allylic oxidation sites excluding steroid dienone is 5. The number of nitrogens with zero attached hydrogens (tertiary/aromatic N) is 3. The lowest BCUT2D eigenvalue weighted by atomic mass is 10.1. The fourth-order valence-corrected chi connectivity index (χ4v) is 3.87. The first-order valence-electron chi connectivity index (χ1n) is 10.3. The number of hydrogen-bond acceptors (Lipinski definition) is 9. The third-order valence-electron chi connectivity index (χ3n) is 4.33. The molecule has 166 valence electrons. The molecule has 0 amide bonds. The summed E-state index contributed by atoms with van der Waals surface area (Å²) in [6.07, 6.45) is 15.6. The summed E-state index contributed by atoms with van der Waals surface area (Å²) in [4.78, 5) is 10.6. The summed E-state index contributed by atoms with van der Waals surface area (Å²) < 4.78 is 7.48. The van der Waals surface area contributed by atoms with Crippen LogP contribution < -0.4 is 31.6 Å². The van der Waals surface area contributed by atoms with Gasteiger partial charge in [0.05, 0.1) is 28.5 Å². The van der Waals surface area contributed by atoms with E-state index < -0.39 is 0 Å². The van der Waals surface area contributed by atoms with Crippen molar-refractivity contribution in [2.24, 2.45) is 9.54 Å². The molecule has 1 aromatic carbocycles. The lowest BCUT2D eigenvalue weighted by Crippen LogP contribution is -2.32. The molecule has 1 aromatic heterocycles. The molecule has 0 aliphatic heterocycles. The summed E-state index contributed by atoms with van der Waals surface area (Å²) in [5, 5.41) is 10.5. The highest BCUT2D eigenvalue weighted by Gasteiger charge is 2.11. The molecule has 0 saturated heterocycles. The van der Waals surface area contributed by atoms with Crippen molar-refractivity contribution in [3.05, 3.63) is 71.0 Å². The normalized spacial score (nSPS) is 15.3. The van der Waals surface area contributed by atoms with E-state index in [2.05, 4.69) is 32.7 Å². The van der Waals surface area contributed by atoms with E-state index in [1.54, 1.807) is 0 Å². The summed E-state index contributed by atoms with van der Waals surface area (Å²) in [5.41, 5.74) is 8.46. The van der Waals surface area contributed by atoms with Gasteiger partial charge in [0.25, 0.3) is 0 Å². The monoisotopic (exact) mass is 465 g/mol. The Hall–Kier alpha value is -3.01. The second-order valence-corrected chi connectivity index (χ2v) is 7.79. The molecule has 2 aliphatic carbocycles. The summed E-state index contributed by atoms with van der Waals surface area (Å²) >= 11 is 2.41. The van der Waals surface area contributed by atoms with E-state index in [9.17, 15) is 0 Å². The number of benzene rings is 1. The van der Waals surface area contributed by atoms with Gasteiger partial charge in [-0.15, -0.1) is 0 Å². The van der Waals surface area contributed by atoms with Crippen molar-refractivity contribution in [2.45, 2.75) is 31.6 Å². The molecule has 0 spiro atoms. The Balaban J connectivity index is 0.00000141. The van der Waals surface area contributed by atoms with Crippen LogP contribution in [0, 0.1) is 0 Å². The lowest BCUT2D eigenvalue weighted by Gasteiger charge is -2.14.